The Morgan fingerprint density at radius 1 is 0.281 bits per heavy atom. The third kappa shape index (κ3) is 26.5. The highest BCUT2D eigenvalue weighted by atomic mass is 16.6. The molecule has 0 heterocycles. The molecule has 0 amide bonds. The smallest absolute Gasteiger partial charge is 0.312 e. The minimum Gasteiger partial charge on any atom is -0.465 e. The van der Waals surface area contributed by atoms with E-state index in [9.17, 15) is 28.8 Å². The van der Waals surface area contributed by atoms with Crippen molar-refractivity contribution in [2.75, 3.05) is 6.61 Å². The first-order valence-electron chi connectivity index (χ1n) is 59.4. The van der Waals surface area contributed by atoms with Crippen molar-refractivity contribution < 1.29 is 57.2 Å². The van der Waals surface area contributed by atoms with Crippen LogP contribution in [0.2, 0.25) is 0 Å². The molecule has 5 atom stereocenters. The molecule has 12 heteroatoms. The van der Waals surface area contributed by atoms with Crippen molar-refractivity contribution in [2.45, 2.75) is 473 Å². The molecule has 0 radical (unpaired) electrons. The maximum Gasteiger partial charge on any atom is 0.312 e. The summed E-state index contributed by atoms with van der Waals surface area (Å²) in [6.45, 7) is 43.0. The van der Waals surface area contributed by atoms with Gasteiger partial charge in [-0.3, -0.25) is 28.8 Å². The lowest BCUT2D eigenvalue weighted by Crippen LogP contribution is -2.58. The Bertz CT molecular complexity index is 5390. The second kappa shape index (κ2) is 47.6. The second-order valence-electron chi connectivity index (χ2n) is 53.4. The zero-order chi connectivity index (χ0) is 104. The second-order valence-corrected chi connectivity index (χ2v) is 53.4. The molecule has 12 nitrogen and oxygen atoms in total. The van der Waals surface area contributed by atoms with Gasteiger partial charge in [-0.15, -0.1) is 0 Å². The molecule has 0 saturated heterocycles. The van der Waals surface area contributed by atoms with Gasteiger partial charge in [-0.2, -0.15) is 0 Å². The molecule has 15 aliphatic rings. The Kier molecular flexibility index (Phi) is 36.6. The van der Waals surface area contributed by atoms with Crippen molar-refractivity contribution in [3.05, 3.63) is 180 Å². The first-order chi connectivity index (χ1) is 69.6. The van der Waals surface area contributed by atoms with Crippen LogP contribution in [0.25, 0.3) is 32.3 Å². The van der Waals surface area contributed by atoms with Gasteiger partial charge >= 0.3 is 35.8 Å². The normalized spacial score (nSPS) is 28.0. The zero-order valence-corrected chi connectivity index (χ0v) is 94.5. The van der Waals surface area contributed by atoms with Gasteiger partial charge in [0.25, 0.3) is 0 Å². The topological polar surface area (TPSA) is 158 Å². The van der Waals surface area contributed by atoms with Crippen molar-refractivity contribution in [1.82, 2.24) is 0 Å². The Morgan fingerprint density at radius 3 is 0.822 bits per heavy atom. The molecule has 0 aromatic heterocycles. The maximum absolute atomic E-state index is 13.5. The van der Waals surface area contributed by atoms with Crippen LogP contribution >= 0.6 is 0 Å². The monoisotopic (exact) mass is 1990 g/mol. The Morgan fingerprint density at radius 2 is 0.534 bits per heavy atom. The molecule has 146 heavy (non-hydrogen) atoms. The molecule has 5 unspecified atom stereocenters. The summed E-state index contributed by atoms with van der Waals surface area (Å²) in [6, 6.07) is 56.2. The van der Waals surface area contributed by atoms with E-state index < -0.39 is 27.1 Å². The first kappa shape index (κ1) is 112. The van der Waals surface area contributed by atoms with Gasteiger partial charge in [0.1, 0.15) is 28.0 Å². The van der Waals surface area contributed by atoms with Crippen molar-refractivity contribution in [3.63, 3.8) is 0 Å². The van der Waals surface area contributed by atoms with E-state index in [1.54, 1.807) is 0 Å². The number of fused-ring (bicyclic) bond motifs is 3. The zero-order valence-electron chi connectivity index (χ0n) is 94.5. The Balaban J connectivity index is 0.000000138. The number of carbonyl (C=O) groups is 6. The third-order valence-corrected chi connectivity index (χ3v) is 40.3. The number of esters is 6. The van der Waals surface area contributed by atoms with Crippen LogP contribution in [0, 0.1) is 104 Å². The number of hydrogen-bond donors (Lipinski definition) is 0. The molecule has 7 aromatic carbocycles. The summed E-state index contributed by atoms with van der Waals surface area (Å²) in [7, 11) is 0. The van der Waals surface area contributed by atoms with Gasteiger partial charge in [-0.05, 0) is 490 Å². The van der Waals surface area contributed by atoms with Crippen LogP contribution in [0.5, 0.6) is 0 Å². The summed E-state index contributed by atoms with van der Waals surface area (Å²) < 4.78 is 37.5. The van der Waals surface area contributed by atoms with Crippen molar-refractivity contribution >= 4 is 68.1 Å². The molecule has 12 bridgehead atoms. The molecule has 0 aliphatic heterocycles. The van der Waals surface area contributed by atoms with Crippen LogP contribution in [0.15, 0.2) is 158 Å². The number of ether oxygens (including phenoxy) is 6. The maximum atomic E-state index is 13.5. The minimum atomic E-state index is -0.682. The molecule has 22 rings (SSSR count). The van der Waals surface area contributed by atoms with Gasteiger partial charge in [0.15, 0.2) is 0 Å². The number of benzene rings is 7. The van der Waals surface area contributed by atoms with Crippen molar-refractivity contribution in [1.29, 1.82) is 0 Å². The van der Waals surface area contributed by atoms with Gasteiger partial charge in [0.05, 0.1) is 39.6 Å². The molecule has 0 N–H and O–H groups in total. The fourth-order valence-electron chi connectivity index (χ4n) is 31.2. The molecule has 800 valence electrons. The molecular weight excluding hydrogens is 1800 g/mol. The summed E-state index contributed by atoms with van der Waals surface area (Å²) in [6.07, 6.45) is 49.3. The largest absolute Gasteiger partial charge is 0.465 e. The molecule has 15 saturated carbocycles. The summed E-state index contributed by atoms with van der Waals surface area (Å²) >= 11 is 0. The van der Waals surface area contributed by atoms with E-state index in [0.717, 1.165) is 151 Å². The summed E-state index contributed by atoms with van der Waals surface area (Å²) in [5.41, 5.74) is 1.76. The van der Waals surface area contributed by atoms with E-state index in [-0.39, 0.29) is 75.2 Å². The summed E-state index contributed by atoms with van der Waals surface area (Å²) in [4.78, 5) is 79.6. The molecular formula is C134H192O12. The van der Waals surface area contributed by atoms with Crippen molar-refractivity contribution in [2.24, 2.45) is 104 Å². The number of carbonyl (C=O) groups excluding carboxylic acids is 6. The summed E-state index contributed by atoms with van der Waals surface area (Å²) in [5, 5.41) is 7.62. The average Bonchev–Trinajstić information content (AvgIpc) is 0.753. The van der Waals surface area contributed by atoms with Crippen LogP contribution in [0.1, 0.15) is 467 Å². The highest BCUT2D eigenvalue weighted by molar-refractivity contribution is 5.86. The lowest BCUT2D eigenvalue weighted by Gasteiger charge is -2.59. The standard InChI is InChI=1S/C31H48O4.C29H38O2.C28H40O2.C25H34O2.C21H32O2/c1-5-24(27(32)34-18-31-14-21-7-22(15-31)9-23(8-21)16-31)17-29(2,3)28(33)35-30(4)25-10-19-6-20(12-25)13-26(30)11-19;1-5-21(24-11-10-22-8-6-7-9-23(22)17-24)18-28(2,3)27(30)31-29(4)25-13-19-12-20(15-25)16-26(29)14-19;1-5-22(25-17-16-23-14-10-11-15-24(23)20-25)21-27(3,4)26(29)30-28(6-2)18-12-8-7-9-13-19-28;1-5-19(22-14-13-20-11-7-8-12-21(20)17-22)18-24(3,4)23(26)27-25(6-2)15-9-10-16-25;1-5-17(18-12-8-7-9-13-18)16-20(3,4)19(22)23-21(6-2)14-10-11-15-21/h19-26H,5-18H2,1-4H3;6-11,17,19-21,25-26H,5,12-16,18H2,1-4H3;10-11,14-17,20,22H,5-9,12-13,18-19,21H2,1-4H3;7-8,11-14,17,19H,5-6,9-10,15-16,18H2,1-4H3;7-9,12-13,17H,5-6,10-11,14-16H2,1-4H3. The number of rotatable bonds is 35. The van der Waals surface area contributed by atoms with E-state index >= 15 is 0 Å². The SMILES string of the molecule is CCC(CC(C)(C)C(=O)OC1(C)C2CC3CC(C2)CC1C3)C(=O)OCC12CC3CC(CC(C3)C1)C2.CCC(CC(C)(C)C(=O)OC1(C)C2CC3CC(C2)CC1C3)c1ccc2ccccc2c1.CCC(CC(C)(C)C(=O)OC1(CC)CCCC1)c1ccc2ccccc2c1.CCC(CC(C)(C)C(=O)OC1(CC)CCCC1)c1ccccc1.CCC(CC(C)(C)C(=O)OC1(CC)CCCCCCC1)c1ccc2ccccc2c1. The Hall–Kier alpha value is -7.86. The number of hydrogen-bond acceptors (Lipinski definition) is 12. The minimum absolute atomic E-state index is 0.0100. The van der Waals surface area contributed by atoms with E-state index in [0.29, 0.717) is 66.8 Å². The van der Waals surface area contributed by atoms with Gasteiger partial charge in [-0.25, -0.2) is 0 Å². The van der Waals surface area contributed by atoms with Gasteiger partial charge < -0.3 is 28.4 Å². The third-order valence-electron chi connectivity index (χ3n) is 40.3. The predicted octanol–water partition coefficient (Wildman–Crippen LogP) is 35.5. The lowest BCUT2D eigenvalue weighted by molar-refractivity contribution is -0.212. The average molecular weight is 1990 g/mol. The fourth-order valence-corrected chi connectivity index (χ4v) is 31.2. The molecule has 15 fully saturated rings. The molecule has 15 aliphatic carbocycles. The first-order valence-corrected chi connectivity index (χ1v) is 59.4. The van der Waals surface area contributed by atoms with E-state index in [2.05, 4.69) is 262 Å². The van der Waals surface area contributed by atoms with Crippen LogP contribution in [-0.4, -0.2) is 70.4 Å². The highest BCUT2D eigenvalue weighted by Gasteiger charge is 2.61. The van der Waals surface area contributed by atoms with Crippen LogP contribution in [0.4, 0.5) is 0 Å². The lowest BCUT2D eigenvalue weighted by atomic mass is 9.50. The van der Waals surface area contributed by atoms with Crippen LogP contribution in [0.3, 0.4) is 0 Å². The van der Waals surface area contributed by atoms with Crippen LogP contribution in [-0.2, 0) is 57.2 Å². The van der Waals surface area contributed by atoms with Crippen LogP contribution < -0.4 is 0 Å². The van der Waals surface area contributed by atoms with E-state index in [4.69, 9.17) is 28.4 Å². The molecule has 0 spiro atoms. The summed E-state index contributed by atoms with van der Waals surface area (Å²) in [5.74, 6) is 9.26. The predicted molar refractivity (Wildman–Crippen MR) is 597 cm³/mol. The Labute approximate surface area is 882 Å². The fraction of sp³-hybridized carbons (Fsp3) is 0.687. The highest BCUT2D eigenvalue weighted by Crippen LogP contribution is 2.64. The van der Waals surface area contributed by atoms with Crippen molar-refractivity contribution in [3.8, 4) is 0 Å². The quantitative estimate of drug-likeness (QED) is 0.0274. The van der Waals surface area contributed by atoms with E-state index in [1.165, 1.54) is 215 Å². The van der Waals surface area contributed by atoms with E-state index in [1.807, 2.05) is 33.8 Å². The van der Waals surface area contributed by atoms with Gasteiger partial charge in [-0.1, -0.05) is 232 Å². The molecule has 7 aromatic rings. The van der Waals surface area contributed by atoms with Gasteiger partial charge in [0, 0.05) is 5.41 Å². The van der Waals surface area contributed by atoms with Gasteiger partial charge in [0.2, 0.25) is 0 Å².